The largest absolute Gasteiger partial charge is 0.307 e. The minimum absolute atomic E-state index is 0.0883. The van der Waals surface area contributed by atoms with Crippen LogP contribution in [0.1, 0.15) is 5.56 Å². The van der Waals surface area contributed by atoms with Crippen molar-refractivity contribution in [3.8, 4) is 0 Å². The van der Waals surface area contributed by atoms with Gasteiger partial charge < -0.3 is 5.32 Å². The second-order valence-electron chi connectivity index (χ2n) is 3.35. The normalized spacial score (nSPS) is 10.1. The van der Waals surface area contributed by atoms with Crippen molar-refractivity contribution in [2.45, 2.75) is 6.42 Å². The average Bonchev–Trinajstić information content (AvgIpc) is 2.25. The van der Waals surface area contributed by atoms with Crippen LogP contribution >= 0.6 is 0 Å². The van der Waals surface area contributed by atoms with Crippen LogP contribution in [0.15, 0.2) is 30.9 Å². The SMILES string of the molecule is C=CCNCC(=O)Cc1cccc(F)c1F. The molecule has 4 heteroatoms. The van der Waals surface area contributed by atoms with Gasteiger partial charge in [-0.05, 0) is 11.6 Å². The number of Topliss-reactive ketones (excluding diaryl/α,β-unsaturated/α-hetero) is 1. The van der Waals surface area contributed by atoms with E-state index in [4.69, 9.17) is 0 Å². The number of carbonyl (C=O) groups is 1. The first kappa shape index (κ1) is 12.5. The Morgan fingerprint density at radius 3 is 2.88 bits per heavy atom. The zero-order valence-electron chi connectivity index (χ0n) is 8.80. The number of ketones is 1. The van der Waals surface area contributed by atoms with Crippen molar-refractivity contribution >= 4 is 5.78 Å². The Labute approximate surface area is 93.0 Å². The number of nitrogens with one attached hydrogen (secondary N) is 1. The maximum Gasteiger partial charge on any atom is 0.162 e. The monoisotopic (exact) mass is 225 g/mol. The molecular formula is C12H13F2NO. The number of hydrogen-bond donors (Lipinski definition) is 1. The van der Waals surface area contributed by atoms with Gasteiger partial charge in [-0.15, -0.1) is 6.58 Å². The smallest absolute Gasteiger partial charge is 0.162 e. The molecule has 0 saturated carbocycles. The summed E-state index contributed by atoms with van der Waals surface area (Å²) < 4.78 is 26.0. The van der Waals surface area contributed by atoms with Crippen LogP contribution < -0.4 is 5.32 Å². The van der Waals surface area contributed by atoms with Gasteiger partial charge in [0.1, 0.15) is 0 Å². The van der Waals surface area contributed by atoms with E-state index in [1.165, 1.54) is 12.1 Å². The molecule has 0 bridgehead atoms. The fraction of sp³-hybridized carbons (Fsp3) is 0.250. The summed E-state index contributed by atoms with van der Waals surface area (Å²) in [5.41, 5.74) is 0.0883. The van der Waals surface area contributed by atoms with Gasteiger partial charge in [-0.25, -0.2) is 8.78 Å². The minimum Gasteiger partial charge on any atom is -0.307 e. The van der Waals surface area contributed by atoms with Crippen LogP contribution in [0.25, 0.3) is 0 Å². The van der Waals surface area contributed by atoms with Crippen molar-refractivity contribution in [3.63, 3.8) is 0 Å². The molecule has 0 unspecified atom stereocenters. The highest BCUT2D eigenvalue weighted by Gasteiger charge is 2.10. The van der Waals surface area contributed by atoms with Crippen LogP contribution in [0.3, 0.4) is 0 Å². The van der Waals surface area contributed by atoms with Crippen molar-refractivity contribution in [2.24, 2.45) is 0 Å². The van der Waals surface area contributed by atoms with Gasteiger partial charge in [0.2, 0.25) is 0 Å². The van der Waals surface area contributed by atoms with E-state index in [1.54, 1.807) is 6.08 Å². The molecule has 0 saturated heterocycles. The predicted molar refractivity (Wildman–Crippen MR) is 58.1 cm³/mol. The third kappa shape index (κ3) is 3.55. The summed E-state index contributed by atoms with van der Waals surface area (Å²) in [4.78, 5) is 11.4. The van der Waals surface area contributed by atoms with Crippen molar-refractivity contribution in [2.75, 3.05) is 13.1 Å². The summed E-state index contributed by atoms with van der Waals surface area (Å²) in [6.07, 6.45) is 1.52. The molecule has 0 spiro atoms. The quantitative estimate of drug-likeness (QED) is 0.591. The van der Waals surface area contributed by atoms with Crippen LogP contribution in [-0.2, 0) is 11.2 Å². The van der Waals surface area contributed by atoms with E-state index in [2.05, 4.69) is 11.9 Å². The summed E-state index contributed by atoms with van der Waals surface area (Å²) in [6.45, 7) is 4.12. The molecule has 16 heavy (non-hydrogen) atoms. The zero-order valence-corrected chi connectivity index (χ0v) is 8.80. The van der Waals surface area contributed by atoms with Gasteiger partial charge in [0.05, 0.1) is 6.54 Å². The highest BCUT2D eigenvalue weighted by molar-refractivity contribution is 5.82. The molecule has 2 nitrogen and oxygen atoms in total. The van der Waals surface area contributed by atoms with Gasteiger partial charge in [0, 0.05) is 13.0 Å². The highest BCUT2D eigenvalue weighted by Crippen LogP contribution is 2.11. The fourth-order valence-electron chi connectivity index (χ4n) is 1.27. The Bertz CT molecular complexity index is 391. The molecule has 0 radical (unpaired) electrons. The maximum absolute atomic E-state index is 13.2. The first-order chi connectivity index (χ1) is 7.65. The van der Waals surface area contributed by atoms with Gasteiger partial charge in [-0.1, -0.05) is 18.2 Å². The first-order valence-electron chi connectivity index (χ1n) is 4.91. The van der Waals surface area contributed by atoms with E-state index in [9.17, 15) is 13.6 Å². The van der Waals surface area contributed by atoms with Gasteiger partial charge >= 0.3 is 0 Å². The molecule has 0 aliphatic heterocycles. The zero-order chi connectivity index (χ0) is 12.0. The first-order valence-corrected chi connectivity index (χ1v) is 4.91. The minimum atomic E-state index is -0.945. The van der Waals surface area contributed by atoms with E-state index in [0.29, 0.717) is 6.54 Å². The summed E-state index contributed by atoms with van der Waals surface area (Å²) in [7, 11) is 0. The molecule has 1 aromatic rings. The number of benzene rings is 1. The summed E-state index contributed by atoms with van der Waals surface area (Å²) in [5, 5.41) is 2.81. The number of carbonyl (C=O) groups excluding carboxylic acids is 1. The standard InChI is InChI=1S/C12H13F2NO/c1-2-6-15-8-10(16)7-9-4-3-5-11(13)12(9)14/h2-5,15H,1,6-8H2. The predicted octanol–water partition coefficient (Wildman–Crippen LogP) is 1.85. The molecule has 1 rings (SSSR count). The van der Waals surface area contributed by atoms with E-state index in [-0.39, 0.29) is 24.3 Å². The van der Waals surface area contributed by atoms with E-state index in [1.807, 2.05) is 0 Å². The lowest BCUT2D eigenvalue weighted by Crippen LogP contribution is -2.24. The van der Waals surface area contributed by atoms with E-state index >= 15 is 0 Å². The van der Waals surface area contributed by atoms with Crippen molar-refractivity contribution < 1.29 is 13.6 Å². The second-order valence-corrected chi connectivity index (χ2v) is 3.35. The summed E-state index contributed by atoms with van der Waals surface area (Å²) in [5.74, 6) is -2.06. The topological polar surface area (TPSA) is 29.1 Å². The maximum atomic E-state index is 13.2. The summed E-state index contributed by atoms with van der Waals surface area (Å²) in [6, 6.07) is 3.82. The number of rotatable bonds is 6. The lowest BCUT2D eigenvalue weighted by Gasteiger charge is -2.03. The molecule has 86 valence electrons. The van der Waals surface area contributed by atoms with Crippen molar-refractivity contribution in [1.29, 1.82) is 0 Å². The van der Waals surface area contributed by atoms with Gasteiger partial charge in [0.15, 0.2) is 17.4 Å². The Morgan fingerprint density at radius 2 is 2.19 bits per heavy atom. The third-order valence-electron chi connectivity index (χ3n) is 2.03. The van der Waals surface area contributed by atoms with Crippen LogP contribution in [0, 0.1) is 11.6 Å². The molecule has 1 N–H and O–H groups in total. The average molecular weight is 225 g/mol. The molecule has 0 aliphatic rings. The Morgan fingerprint density at radius 1 is 1.44 bits per heavy atom. The molecular weight excluding hydrogens is 212 g/mol. The van der Waals surface area contributed by atoms with Gasteiger partial charge in [-0.3, -0.25) is 4.79 Å². The van der Waals surface area contributed by atoms with Crippen LogP contribution in [0.4, 0.5) is 8.78 Å². The molecule has 0 amide bonds. The highest BCUT2D eigenvalue weighted by atomic mass is 19.2. The molecule has 0 aliphatic carbocycles. The fourth-order valence-corrected chi connectivity index (χ4v) is 1.27. The van der Waals surface area contributed by atoms with Crippen molar-refractivity contribution in [3.05, 3.63) is 48.1 Å². The molecule has 0 heterocycles. The Kier molecular flexibility index (Phi) is 4.79. The van der Waals surface area contributed by atoms with Crippen LogP contribution in [0.5, 0.6) is 0 Å². The molecule has 0 atom stereocenters. The summed E-state index contributed by atoms with van der Waals surface area (Å²) >= 11 is 0. The number of halogens is 2. The van der Waals surface area contributed by atoms with Crippen molar-refractivity contribution in [1.82, 2.24) is 5.32 Å². The lowest BCUT2D eigenvalue weighted by molar-refractivity contribution is -0.117. The van der Waals surface area contributed by atoms with Gasteiger partial charge in [-0.2, -0.15) is 0 Å². The van der Waals surface area contributed by atoms with Crippen LogP contribution in [-0.4, -0.2) is 18.9 Å². The van der Waals surface area contributed by atoms with Crippen LogP contribution in [0.2, 0.25) is 0 Å². The molecule has 0 aromatic heterocycles. The van der Waals surface area contributed by atoms with E-state index < -0.39 is 11.6 Å². The lowest BCUT2D eigenvalue weighted by atomic mass is 10.1. The second kappa shape index (κ2) is 6.12. The molecule has 1 aromatic carbocycles. The Hall–Kier alpha value is -1.55. The Balaban J connectivity index is 2.56. The third-order valence-corrected chi connectivity index (χ3v) is 2.03. The van der Waals surface area contributed by atoms with Gasteiger partial charge in [0.25, 0.3) is 0 Å². The number of hydrogen-bond acceptors (Lipinski definition) is 2. The van der Waals surface area contributed by atoms with E-state index in [0.717, 1.165) is 6.07 Å². The molecule has 0 fully saturated rings.